The van der Waals surface area contributed by atoms with E-state index in [4.69, 9.17) is 9.84 Å². The van der Waals surface area contributed by atoms with Crippen molar-refractivity contribution in [3.05, 3.63) is 34.9 Å². The summed E-state index contributed by atoms with van der Waals surface area (Å²) in [6.07, 6.45) is -0.236. The zero-order chi connectivity index (χ0) is 13.0. The van der Waals surface area contributed by atoms with Gasteiger partial charge in [0.15, 0.2) is 6.29 Å². The van der Waals surface area contributed by atoms with Crippen LogP contribution in [0.1, 0.15) is 48.0 Å². The summed E-state index contributed by atoms with van der Waals surface area (Å²) in [6, 6.07) is 4.58. The second-order valence-corrected chi connectivity index (χ2v) is 4.08. The Morgan fingerprint density at radius 1 is 1.47 bits per heavy atom. The Hall–Kier alpha value is -1.39. The molecule has 4 heteroatoms. The molecule has 0 aliphatic carbocycles. The molecule has 1 rings (SSSR count). The number of carbonyl (C=O) groups is 1. The van der Waals surface area contributed by atoms with Gasteiger partial charge < -0.3 is 14.9 Å². The molecule has 2 N–H and O–H groups in total. The van der Waals surface area contributed by atoms with Gasteiger partial charge in [-0.25, -0.2) is 4.79 Å². The van der Waals surface area contributed by atoms with Gasteiger partial charge in [0.25, 0.3) is 0 Å². The van der Waals surface area contributed by atoms with Crippen molar-refractivity contribution < 1.29 is 19.7 Å². The maximum Gasteiger partial charge on any atom is 0.335 e. The molecule has 0 saturated heterocycles. The fourth-order valence-corrected chi connectivity index (χ4v) is 1.48. The Labute approximate surface area is 101 Å². The van der Waals surface area contributed by atoms with Gasteiger partial charge in [0.05, 0.1) is 11.7 Å². The molecule has 0 heterocycles. The SMILES string of the molecule is CCC(C)OC(O)c1ccc(C(=O)O)cc1C. The minimum Gasteiger partial charge on any atom is -0.478 e. The second kappa shape index (κ2) is 5.80. The first kappa shape index (κ1) is 13.7. The zero-order valence-corrected chi connectivity index (χ0v) is 10.3. The van der Waals surface area contributed by atoms with E-state index in [2.05, 4.69) is 0 Å². The number of rotatable bonds is 5. The van der Waals surface area contributed by atoms with Crippen LogP contribution in [0.25, 0.3) is 0 Å². The Morgan fingerprint density at radius 3 is 2.59 bits per heavy atom. The molecule has 2 unspecified atom stereocenters. The summed E-state index contributed by atoms with van der Waals surface area (Å²) in [5.74, 6) is -0.975. The number of carboxylic acid groups (broad SMARTS) is 1. The van der Waals surface area contributed by atoms with Crippen molar-refractivity contribution in [2.45, 2.75) is 39.6 Å². The molecule has 0 saturated carbocycles. The molecular weight excluding hydrogens is 220 g/mol. The minimum atomic E-state index is -1.01. The smallest absolute Gasteiger partial charge is 0.335 e. The van der Waals surface area contributed by atoms with Gasteiger partial charge in [0.1, 0.15) is 0 Å². The lowest BCUT2D eigenvalue weighted by Crippen LogP contribution is -2.13. The largest absolute Gasteiger partial charge is 0.478 e. The average Bonchev–Trinajstić information content (AvgIpc) is 2.28. The van der Waals surface area contributed by atoms with Crippen LogP contribution in [-0.4, -0.2) is 22.3 Å². The van der Waals surface area contributed by atoms with Crippen molar-refractivity contribution in [3.63, 3.8) is 0 Å². The molecule has 0 amide bonds. The van der Waals surface area contributed by atoms with Gasteiger partial charge in [-0.3, -0.25) is 0 Å². The monoisotopic (exact) mass is 238 g/mol. The molecular formula is C13H18O4. The van der Waals surface area contributed by atoms with Crippen LogP contribution in [0.2, 0.25) is 0 Å². The van der Waals surface area contributed by atoms with E-state index in [1.807, 2.05) is 13.8 Å². The molecule has 0 aromatic heterocycles. The highest BCUT2D eigenvalue weighted by atomic mass is 16.6. The van der Waals surface area contributed by atoms with E-state index >= 15 is 0 Å². The number of aryl methyl sites for hydroxylation is 1. The van der Waals surface area contributed by atoms with Gasteiger partial charge in [0, 0.05) is 5.56 Å². The van der Waals surface area contributed by atoms with E-state index in [-0.39, 0.29) is 11.7 Å². The molecule has 0 radical (unpaired) electrons. The molecule has 94 valence electrons. The first-order valence-electron chi connectivity index (χ1n) is 5.63. The highest BCUT2D eigenvalue weighted by molar-refractivity contribution is 5.87. The van der Waals surface area contributed by atoms with Crippen molar-refractivity contribution in [2.75, 3.05) is 0 Å². The molecule has 17 heavy (non-hydrogen) atoms. The van der Waals surface area contributed by atoms with Gasteiger partial charge in [-0.05, 0) is 38.0 Å². The molecule has 4 nitrogen and oxygen atoms in total. The summed E-state index contributed by atoms with van der Waals surface area (Å²) in [5, 5.41) is 18.7. The second-order valence-electron chi connectivity index (χ2n) is 4.08. The summed E-state index contributed by atoms with van der Waals surface area (Å²) in [6.45, 7) is 5.60. The Kier molecular flexibility index (Phi) is 4.66. The van der Waals surface area contributed by atoms with Crippen LogP contribution < -0.4 is 0 Å². The van der Waals surface area contributed by atoms with Gasteiger partial charge in [0.2, 0.25) is 0 Å². The fraction of sp³-hybridized carbons (Fsp3) is 0.462. The van der Waals surface area contributed by atoms with Crippen LogP contribution in [0.15, 0.2) is 18.2 Å². The predicted molar refractivity (Wildman–Crippen MR) is 63.9 cm³/mol. The van der Waals surface area contributed by atoms with Crippen LogP contribution in [0.5, 0.6) is 0 Å². The van der Waals surface area contributed by atoms with E-state index in [1.54, 1.807) is 13.0 Å². The van der Waals surface area contributed by atoms with Crippen LogP contribution in [0.4, 0.5) is 0 Å². The van der Waals surface area contributed by atoms with E-state index in [9.17, 15) is 9.90 Å². The summed E-state index contributed by atoms with van der Waals surface area (Å²) in [5.41, 5.74) is 1.53. The van der Waals surface area contributed by atoms with Crippen LogP contribution in [0, 0.1) is 6.92 Å². The maximum atomic E-state index is 10.8. The number of aliphatic hydroxyl groups excluding tert-OH is 1. The molecule has 0 fully saturated rings. The van der Waals surface area contributed by atoms with Gasteiger partial charge in [-0.1, -0.05) is 13.0 Å². The lowest BCUT2D eigenvalue weighted by atomic mass is 10.0. The first-order chi connectivity index (χ1) is 7.95. The quantitative estimate of drug-likeness (QED) is 0.773. The third-order valence-electron chi connectivity index (χ3n) is 2.72. The van der Waals surface area contributed by atoms with Crippen molar-refractivity contribution in [3.8, 4) is 0 Å². The summed E-state index contributed by atoms with van der Waals surface area (Å²) < 4.78 is 5.37. The Balaban J connectivity index is 2.88. The van der Waals surface area contributed by atoms with Crippen molar-refractivity contribution in [2.24, 2.45) is 0 Å². The number of benzene rings is 1. The van der Waals surface area contributed by atoms with Gasteiger partial charge >= 0.3 is 5.97 Å². The standard InChI is InChI=1S/C13H18O4/c1-4-9(3)17-13(16)11-6-5-10(12(14)15)7-8(11)2/h5-7,9,13,16H,4H2,1-3H3,(H,14,15). The summed E-state index contributed by atoms with van der Waals surface area (Å²) in [7, 11) is 0. The Bertz CT molecular complexity index is 400. The summed E-state index contributed by atoms with van der Waals surface area (Å²) >= 11 is 0. The van der Waals surface area contributed by atoms with Crippen LogP contribution in [-0.2, 0) is 4.74 Å². The summed E-state index contributed by atoms with van der Waals surface area (Å²) in [4.78, 5) is 10.8. The number of aromatic carboxylic acids is 1. The van der Waals surface area contributed by atoms with Gasteiger partial charge in [-0.15, -0.1) is 0 Å². The van der Waals surface area contributed by atoms with Gasteiger partial charge in [-0.2, -0.15) is 0 Å². The highest BCUT2D eigenvalue weighted by Gasteiger charge is 2.15. The number of ether oxygens (including phenoxy) is 1. The third kappa shape index (κ3) is 3.54. The van der Waals surface area contributed by atoms with Crippen molar-refractivity contribution in [1.82, 2.24) is 0 Å². The number of carboxylic acids is 1. The van der Waals surface area contributed by atoms with Crippen LogP contribution >= 0.6 is 0 Å². The van der Waals surface area contributed by atoms with E-state index < -0.39 is 12.3 Å². The maximum absolute atomic E-state index is 10.8. The van der Waals surface area contributed by atoms with Crippen molar-refractivity contribution in [1.29, 1.82) is 0 Å². The topological polar surface area (TPSA) is 66.8 Å². The number of hydrogen-bond acceptors (Lipinski definition) is 3. The Morgan fingerprint density at radius 2 is 2.12 bits per heavy atom. The van der Waals surface area contributed by atoms with E-state index in [1.165, 1.54) is 12.1 Å². The van der Waals surface area contributed by atoms with Crippen LogP contribution in [0.3, 0.4) is 0 Å². The predicted octanol–water partition coefficient (Wildman–Crippen LogP) is 2.50. The molecule has 2 atom stereocenters. The van der Waals surface area contributed by atoms with E-state index in [0.29, 0.717) is 11.1 Å². The molecule has 0 spiro atoms. The van der Waals surface area contributed by atoms with E-state index in [0.717, 1.165) is 6.42 Å². The fourth-order valence-electron chi connectivity index (χ4n) is 1.48. The van der Waals surface area contributed by atoms with Crippen molar-refractivity contribution >= 4 is 5.97 Å². The molecule has 0 aliphatic heterocycles. The number of hydrogen-bond donors (Lipinski definition) is 2. The normalized spacial score (nSPS) is 14.4. The first-order valence-corrected chi connectivity index (χ1v) is 5.63. The molecule has 0 bridgehead atoms. The molecule has 1 aromatic rings. The average molecular weight is 238 g/mol. The third-order valence-corrected chi connectivity index (χ3v) is 2.72. The minimum absolute atomic E-state index is 0.0384. The zero-order valence-electron chi connectivity index (χ0n) is 10.3. The lowest BCUT2D eigenvalue weighted by molar-refractivity contribution is -0.135. The lowest BCUT2D eigenvalue weighted by Gasteiger charge is -2.18. The molecule has 1 aromatic carbocycles. The number of aliphatic hydroxyl groups is 1. The highest BCUT2D eigenvalue weighted by Crippen LogP contribution is 2.22. The molecule has 0 aliphatic rings.